The number of rotatable bonds is 5. The Kier molecular flexibility index (Phi) is 7.91. The Hall–Kier alpha value is -4.81. The molecule has 1 atom stereocenters. The number of fused-ring (bicyclic) bond motifs is 1. The zero-order chi connectivity index (χ0) is 30.9. The van der Waals surface area contributed by atoms with Gasteiger partial charge in [0, 0.05) is 43.5 Å². The number of hydrogen-bond donors (Lipinski definition) is 2. The lowest BCUT2D eigenvalue weighted by Crippen LogP contribution is -2.42. The molecule has 0 aliphatic carbocycles. The third-order valence-electron chi connectivity index (χ3n) is 6.70. The van der Waals surface area contributed by atoms with Crippen LogP contribution in [-0.2, 0) is 23.6 Å². The Morgan fingerprint density at radius 2 is 1.88 bits per heavy atom. The minimum absolute atomic E-state index is 0.134. The largest absolute Gasteiger partial charge is 0.444 e. The highest BCUT2D eigenvalue weighted by Gasteiger charge is 2.32. The zero-order valence-corrected chi connectivity index (χ0v) is 25.5. The quantitative estimate of drug-likeness (QED) is 0.340. The second-order valence-corrected chi connectivity index (χ2v) is 12.6. The van der Waals surface area contributed by atoms with Crippen LogP contribution in [0.3, 0.4) is 0 Å². The molecule has 0 bridgehead atoms. The molecule has 0 fully saturated rings. The lowest BCUT2D eigenvalue weighted by Gasteiger charge is -2.28. The molecule has 226 valence electrons. The van der Waals surface area contributed by atoms with Gasteiger partial charge in [0.25, 0.3) is 0 Å². The molecule has 4 aromatic rings. The van der Waals surface area contributed by atoms with Crippen molar-refractivity contribution in [2.24, 2.45) is 7.05 Å². The second-order valence-electron chi connectivity index (χ2n) is 12.6. The van der Waals surface area contributed by atoms with Crippen molar-refractivity contribution in [3.05, 3.63) is 65.8 Å². The van der Waals surface area contributed by atoms with Crippen LogP contribution in [0.25, 0.3) is 11.3 Å². The number of nitrogens with zero attached hydrogens (tertiary/aromatic N) is 7. The molecule has 43 heavy (non-hydrogen) atoms. The van der Waals surface area contributed by atoms with Crippen molar-refractivity contribution < 1.29 is 18.7 Å². The topological polar surface area (TPSA) is 153 Å². The predicted molar refractivity (Wildman–Crippen MR) is 159 cm³/mol. The third-order valence-corrected chi connectivity index (χ3v) is 6.70. The normalized spacial score (nSPS) is 15.4. The number of nitrogens with one attached hydrogen (secondary N) is 2. The van der Waals surface area contributed by atoms with E-state index >= 15 is 0 Å². The zero-order valence-electron chi connectivity index (χ0n) is 25.5. The number of anilines is 2. The highest BCUT2D eigenvalue weighted by atomic mass is 16.6. The maximum Gasteiger partial charge on any atom is 0.410 e. The second kappa shape index (κ2) is 11.5. The predicted octanol–water partition coefficient (Wildman–Crippen LogP) is 4.57. The van der Waals surface area contributed by atoms with Crippen molar-refractivity contribution >= 4 is 23.6 Å². The maximum atomic E-state index is 13.3. The summed E-state index contributed by atoms with van der Waals surface area (Å²) in [4.78, 5) is 37.1. The molecule has 0 saturated heterocycles. The summed E-state index contributed by atoms with van der Waals surface area (Å²) in [5.74, 6) is 0.152. The highest BCUT2D eigenvalue weighted by Crippen LogP contribution is 2.30. The Balaban J connectivity index is 1.44. The van der Waals surface area contributed by atoms with Crippen molar-refractivity contribution in [1.29, 1.82) is 0 Å². The maximum absolute atomic E-state index is 13.3. The van der Waals surface area contributed by atoms with Gasteiger partial charge in [0.15, 0.2) is 0 Å². The summed E-state index contributed by atoms with van der Waals surface area (Å²) < 4.78 is 13.0. The minimum Gasteiger partial charge on any atom is -0.444 e. The first-order valence-corrected chi connectivity index (χ1v) is 14.1. The summed E-state index contributed by atoms with van der Waals surface area (Å²) in [5.41, 5.74) is 3.15. The van der Waals surface area contributed by atoms with E-state index in [2.05, 4.69) is 30.9 Å². The fourth-order valence-corrected chi connectivity index (χ4v) is 4.64. The standard InChI is InChI=1S/C30H37N9O4/c1-29(2,3)26-37-36-25(42-26)24(40)34-23-17-39(28(41)43-30(4,5)6)13-11-18-14-19(8-9-21(18)23)22-10-12-31-27(35-22)33-20-15-32-38(7)16-20/h8-10,12,14-16,23H,11,13,17H2,1-7H3,(H,34,40)(H,31,33,35)/t23-/m0/s1. The fourth-order valence-electron chi connectivity index (χ4n) is 4.64. The summed E-state index contributed by atoms with van der Waals surface area (Å²) in [5, 5.41) is 18.4. The van der Waals surface area contributed by atoms with E-state index in [1.165, 1.54) is 0 Å². The molecule has 0 saturated carbocycles. The van der Waals surface area contributed by atoms with Crippen LogP contribution in [0.5, 0.6) is 0 Å². The molecule has 0 spiro atoms. The molecule has 5 rings (SSSR count). The van der Waals surface area contributed by atoms with Gasteiger partial charge < -0.3 is 24.7 Å². The van der Waals surface area contributed by atoms with Gasteiger partial charge in [-0.2, -0.15) is 5.10 Å². The Bertz CT molecular complexity index is 1630. The van der Waals surface area contributed by atoms with Crippen molar-refractivity contribution in [2.45, 2.75) is 65.0 Å². The SMILES string of the molecule is Cn1cc(Nc2nccc(-c3ccc4c(c3)CCN(C(=O)OC(C)(C)C)C[C@@H]4NC(=O)c3nnc(C(C)(C)C)o3)n2)cn1. The molecule has 2 amide bonds. The minimum atomic E-state index is -0.663. The lowest BCUT2D eigenvalue weighted by atomic mass is 9.96. The van der Waals surface area contributed by atoms with Crippen molar-refractivity contribution in [2.75, 3.05) is 18.4 Å². The Morgan fingerprint density at radius 3 is 2.56 bits per heavy atom. The Morgan fingerprint density at radius 1 is 1.09 bits per heavy atom. The van der Waals surface area contributed by atoms with Gasteiger partial charge in [-0.15, -0.1) is 10.2 Å². The highest BCUT2D eigenvalue weighted by molar-refractivity contribution is 5.89. The molecule has 1 aliphatic heterocycles. The molecule has 0 unspecified atom stereocenters. The van der Waals surface area contributed by atoms with E-state index in [0.717, 1.165) is 28.1 Å². The third kappa shape index (κ3) is 7.16. The summed E-state index contributed by atoms with van der Waals surface area (Å²) in [6, 6.07) is 7.22. The molecule has 13 heteroatoms. The molecule has 3 aromatic heterocycles. The number of aromatic nitrogens is 6. The molecule has 2 N–H and O–H groups in total. The first kappa shape index (κ1) is 29.7. The van der Waals surface area contributed by atoms with E-state index < -0.39 is 29.1 Å². The van der Waals surface area contributed by atoms with Crippen molar-refractivity contribution in [3.63, 3.8) is 0 Å². The average Bonchev–Trinajstić information content (AvgIpc) is 3.55. The van der Waals surface area contributed by atoms with Crippen LogP contribution in [-0.4, -0.2) is 65.5 Å². The molecule has 4 heterocycles. The first-order valence-electron chi connectivity index (χ1n) is 14.1. The molecule has 0 radical (unpaired) electrons. The smallest absolute Gasteiger partial charge is 0.410 e. The summed E-state index contributed by atoms with van der Waals surface area (Å²) in [6.07, 6.45) is 5.32. The van der Waals surface area contributed by atoms with Crippen LogP contribution in [0.15, 0.2) is 47.3 Å². The monoisotopic (exact) mass is 587 g/mol. The van der Waals surface area contributed by atoms with Crippen molar-refractivity contribution in [1.82, 2.24) is 40.2 Å². The average molecular weight is 588 g/mol. The van der Waals surface area contributed by atoms with Crippen LogP contribution < -0.4 is 10.6 Å². The molecular formula is C30H37N9O4. The van der Waals surface area contributed by atoms with Crippen molar-refractivity contribution in [3.8, 4) is 11.3 Å². The van der Waals surface area contributed by atoms with Crippen LogP contribution in [0.2, 0.25) is 0 Å². The van der Waals surface area contributed by atoms with Crippen LogP contribution in [0, 0.1) is 0 Å². The van der Waals surface area contributed by atoms with Crippen LogP contribution in [0.4, 0.5) is 16.4 Å². The van der Waals surface area contributed by atoms with Gasteiger partial charge >= 0.3 is 17.9 Å². The van der Waals surface area contributed by atoms with E-state index in [1.54, 1.807) is 22.0 Å². The molecular weight excluding hydrogens is 550 g/mol. The van der Waals surface area contributed by atoms with E-state index in [0.29, 0.717) is 24.8 Å². The molecule has 1 aliphatic rings. The number of amides is 2. The van der Waals surface area contributed by atoms with E-state index in [4.69, 9.17) is 14.1 Å². The first-order chi connectivity index (χ1) is 20.2. The summed E-state index contributed by atoms with van der Waals surface area (Å²) in [7, 11) is 1.84. The van der Waals surface area contributed by atoms with Gasteiger partial charge in [0.05, 0.1) is 23.6 Å². The number of ether oxygens (including phenoxy) is 1. The van der Waals surface area contributed by atoms with Gasteiger partial charge in [-0.25, -0.2) is 14.8 Å². The van der Waals surface area contributed by atoms with Gasteiger partial charge in [0.1, 0.15) is 5.60 Å². The fraction of sp³-hybridized carbons (Fsp3) is 0.433. The van der Waals surface area contributed by atoms with Crippen LogP contribution >= 0.6 is 0 Å². The van der Waals surface area contributed by atoms with E-state index in [1.807, 2.05) is 79.1 Å². The summed E-state index contributed by atoms with van der Waals surface area (Å²) >= 11 is 0. The van der Waals surface area contributed by atoms with E-state index in [9.17, 15) is 9.59 Å². The number of hydrogen-bond acceptors (Lipinski definition) is 10. The number of aryl methyl sites for hydroxylation is 1. The van der Waals surface area contributed by atoms with Gasteiger partial charge in [-0.1, -0.05) is 32.9 Å². The van der Waals surface area contributed by atoms with E-state index in [-0.39, 0.29) is 12.4 Å². The molecule has 13 nitrogen and oxygen atoms in total. The van der Waals surface area contributed by atoms with Gasteiger partial charge in [-0.05, 0) is 50.5 Å². The number of carbonyl (C=O) groups excluding carboxylic acids is 2. The summed E-state index contributed by atoms with van der Waals surface area (Å²) in [6.45, 7) is 11.9. The number of benzene rings is 1. The lowest BCUT2D eigenvalue weighted by molar-refractivity contribution is 0.0237. The number of carbonyl (C=O) groups is 2. The van der Waals surface area contributed by atoms with Gasteiger partial charge in [0.2, 0.25) is 11.8 Å². The van der Waals surface area contributed by atoms with Gasteiger partial charge in [-0.3, -0.25) is 9.48 Å². The molecule has 1 aromatic carbocycles. The Labute approximate surface area is 250 Å². The van der Waals surface area contributed by atoms with Crippen LogP contribution in [0.1, 0.15) is 75.3 Å².